The van der Waals surface area contributed by atoms with Crippen molar-refractivity contribution in [3.63, 3.8) is 0 Å². The van der Waals surface area contributed by atoms with E-state index in [0.717, 1.165) is 15.5 Å². The van der Waals surface area contributed by atoms with E-state index in [0.29, 0.717) is 17.0 Å². The van der Waals surface area contributed by atoms with Gasteiger partial charge in [-0.1, -0.05) is 6.07 Å². The SMILES string of the molecule is CN(C)/C=C(/C(=O)c1ccccn1)c1ccc2ncc(Br)cc2n1. The Hall–Kier alpha value is -2.60. The number of fused-ring (bicyclic) bond motifs is 1. The molecule has 3 heterocycles. The molecule has 24 heavy (non-hydrogen) atoms. The van der Waals surface area contributed by atoms with Crippen LogP contribution in [0.25, 0.3) is 16.6 Å². The second-order valence-electron chi connectivity index (χ2n) is 5.44. The van der Waals surface area contributed by atoms with Crippen molar-refractivity contribution in [2.75, 3.05) is 14.1 Å². The first-order valence-corrected chi connectivity index (χ1v) is 8.10. The van der Waals surface area contributed by atoms with Gasteiger partial charge in [0, 0.05) is 37.2 Å². The van der Waals surface area contributed by atoms with Crippen molar-refractivity contribution in [3.8, 4) is 0 Å². The molecule has 0 amide bonds. The lowest BCUT2D eigenvalue weighted by atomic mass is 10.0. The minimum atomic E-state index is -0.167. The van der Waals surface area contributed by atoms with Crippen LogP contribution in [0.15, 0.2) is 59.5 Å². The van der Waals surface area contributed by atoms with Crippen molar-refractivity contribution >= 4 is 38.3 Å². The van der Waals surface area contributed by atoms with Crippen LogP contribution in [0.2, 0.25) is 0 Å². The first kappa shape index (κ1) is 16.3. The van der Waals surface area contributed by atoms with E-state index in [4.69, 9.17) is 0 Å². The van der Waals surface area contributed by atoms with Crippen LogP contribution in [-0.2, 0) is 0 Å². The monoisotopic (exact) mass is 382 g/mol. The van der Waals surface area contributed by atoms with E-state index < -0.39 is 0 Å². The number of aromatic nitrogens is 3. The molecule has 0 bridgehead atoms. The number of carbonyl (C=O) groups excluding carboxylic acids is 1. The Kier molecular flexibility index (Phi) is 4.66. The molecule has 5 nitrogen and oxygen atoms in total. The zero-order valence-corrected chi connectivity index (χ0v) is 14.9. The van der Waals surface area contributed by atoms with E-state index in [9.17, 15) is 4.79 Å². The maximum atomic E-state index is 12.9. The van der Waals surface area contributed by atoms with Crippen molar-refractivity contribution in [1.82, 2.24) is 19.9 Å². The Labute approximate surface area is 148 Å². The Balaban J connectivity index is 2.11. The molecule has 0 radical (unpaired) electrons. The van der Waals surface area contributed by atoms with E-state index in [1.807, 2.05) is 31.1 Å². The molecule has 0 aliphatic rings. The fourth-order valence-corrected chi connectivity index (χ4v) is 2.59. The summed E-state index contributed by atoms with van der Waals surface area (Å²) in [5.41, 5.74) is 2.96. The molecule has 0 aliphatic carbocycles. The number of allylic oxidation sites excluding steroid dienone is 1. The van der Waals surface area contributed by atoms with E-state index in [1.165, 1.54) is 0 Å². The molecule has 3 aromatic rings. The van der Waals surface area contributed by atoms with Crippen LogP contribution in [0, 0.1) is 0 Å². The van der Waals surface area contributed by atoms with Crippen LogP contribution in [-0.4, -0.2) is 39.7 Å². The summed E-state index contributed by atoms with van der Waals surface area (Å²) in [5, 5.41) is 0. The predicted molar refractivity (Wildman–Crippen MR) is 97.5 cm³/mol. The Morgan fingerprint density at radius 2 is 1.92 bits per heavy atom. The highest BCUT2D eigenvalue weighted by atomic mass is 79.9. The van der Waals surface area contributed by atoms with Gasteiger partial charge in [0.2, 0.25) is 5.78 Å². The van der Waals surface area contributed by atoms with Crippen molar-refractivity contribution < 1.29 is 4.79 Å². The molecule has 0 atom stereocenters. The first-order valence-electron chi connectivity index (χ1n) is 7.31. The number of carbonyl (C=O) groups is 1. The summed E-state index contributed by atoms with van der Waals surface area (Å²) in [5.74, 6) is -0.167. The fraction of sp³-hybridized carbons (Fsp3) is 0.111. The van der Waals surface area contributed by atoms with Crippen molar-refractivity contribution in [1.29, 1.82) is 0 Å². The average molecular weight is 383 g/mol. The third-order valence-corrected chi connectivity index (χ3v) is 3.74. The number of rotatable bonds is 4. The van der Waals surface area contributed by atoms with Crippen LogP contribution in [0.1, 0.15) is 16.2 Å². The lowest BCUT2D eigenvalue weighted by Crippen LogP contribution is -2.11. The second kappa shape index (κ2) is 6.88. The third kappa shape index (κ3) is 3.49. The normalized spacial score (nSPS) is 11.5. The Bertz CT molecular complexity index is 923. The summed E-state index contributed by atoms with van der Waals surface area (Å²) in [6, 6.07) is 10.8. The molecular formula is C18H15BrN4O. The van der Waals surface area contributed by atoms with Gasteiger partial charge in [0.15, 0.2) is 0 Å². The molecule has 0 unspecified atom stereocenters. The minimum absolute atomic E-state index is 0.167. The number of nitrogens with zero attached hydrogens (tertiary/aromatic N) is 4. The van der Waals surface area contributed by atoms with Gasteiger partial charge in [-0.15, -0.1) is 0 Å². The lowest BCUT2D eigenvalue weighted by molar-refractivity contribution is 0.105. The molecule has 120 valence electrons. The van der Waals surface area contributed by atoms with Crippen molar-refractivity contribution in [2.45, 2.75) is 0 Å². The molecule has 3 rings (SSSR count). The van der Waals surface area contributed by atoms with E-state index in [1.54, 1.807) is 42.9 Å². The molecule has 0 aliphatic heterocycles. The quantitative estimate of drug-likeness (QED) is 0.509. The average Bonchev–Trinajstić information content (AvgIpc) is 2.59. The Morgan fingerprint density at radius 3 is 2.62 bits per heavy atom. The van der Waals surface area contributed by atoms with Gasteiger partial charge >= 0.3 is 0 Å². The van der Waals surface area contributed by atoms with Gasteiger partial charge in [0.25, 0.3) is 0 Å². The third-order valence-electron chi connectivity index (χ3n) is 3.31. The van der Waals surface area contributed by atoms with Crippen LogP contribution < -0.4 is 0 Å². The largest absolute Gasteiger partial charge is 0.383 e. The standard InChI is InChI=1S/C18H15BrN4O/c1-23(2)11-13(18(24)16-5-3-4-8-20-16)14-6-7-15-17(22-14)9-12(19)10-21-15/h3-11H,1-2H3/b13-11+. The molecule has 0 fully saturated rings. The summed E-state index contributed by atoms with van der Waals surface area (Å²) in [6.07, 6.45) is 5.09. The summed E-state index contributed by atoms with van der Waals surface area (Å²) in [6.45, 7) is 0. The van der Waals surface area contributed by atoms with Crippen molar-refractivity contribution in [2.24, 2.45) is 0 Å². The highest BCUT2D eigenvalue weighted by Crippen LogP contribution is 2.22. The molecular weight excluding hydrogens is 368 g/mol. The number of halogens is 1. The minimum Gasteiger partial charge on any atom is -0.383 e. The maximum Gasteiger partial charge on any atom is 0.214 e. The summed E-state index contributed by atoms with van der Waals surface area (Å²) in [7, 11) is 3.73. The van der Waals surface area contributed by atoms with Gasteiger partial charge in [0.05, 0.1) is 22.3 Å². The number of ketones is 1. The molecule has 0 aromatic carbocycles. The molecule has 0 saturated heterocycles. The summed E-state index contributed by atoms with van der Waals surface area (Å²) < 4.78 is 0.842. The van der Waals surface area contributed by atoms with E-state index in [-0.39, 0.29) is 5.78 Å². The van der Waals surface area contributed by atoms with Gasteiger partial charge in [0.1, 0.15) is 5.69 Å². The zero-order chi connectivity index (χ0) is 17.1. The van der Waals surface area contributed by atoms with Gasteiger partial charge in [-0.25, -0.2) is 4.98 Å². The number of hydrogen-bond acceptors (Lipinski definition) is 5. The van der Waals surface area contributed by atoms with Gasteiger partial charge < -0.3 is 4.90 Å². The van der Waals surface area contributed by atoms with Gasteiger partial charge in [-0.3, -0.25) is 14.8 Å². The van der Waals surface area contributed by atoms with Crippen molar-refractivity contribution in [3.05, 3.63) is 70.9 Å². The molecule has 3 aromatic heterocycles. The van der Waals surface area contributed by atoms with Crippen LogP contribution in [0.3, 0.4) is 0 Å². The van der Waals surface area contributed by atoms with E-state index in [2.05, 4.69) is 30.9 Å². The highest BCUT2D eigenvalue weighted by molar-refractivity contribution is 9.10. The summed E-state index contributed by atoms with van der Waals surface area (Å²) >= 11 is 3.40. The van der Waals surface area contributed by atoms with Gasteiger partial charge in [-0.2, -0.15) is 0 Å². The molecule has 0 N–H and O–H groups in total. The molecule has 0 spiro atoms. The lowest BCUT2D eigenvalue weighted by Gasteiger charge is -2.11. The van der Waals surface area contributed by atoms with E-state index >= 15 is 0 Å². The molecule has 6 heteroatoms. The predicted octanol–water partition coefficient (Wildman–Crippen LogP) is 3.57. The number of Topliss-reactive ketones (excluding diaryl/α,β-unsaturated/α-hetero) is 1. The topological polar surface area (TPSA) is 59.0 Å². The highest BCUT2D eigenvalue weighted by Gasteiger charge is 2.17. The summed E-state index contributed by atoms with van der Waals surface area (Å²) in [4.78, 5) is 27.7. The van der Waals surface area contributed by atoms with Crippen LogP contribution in [0.5, 0.6) is 0 Å². The smallest absolute Gasteiger partial charge is 0.214 e. The maximum absolute atomic E-state index is 12.9. The van der Waals surface area contributed by atoms with Gasteiger partial charge in [-0.05, 0) is 46.3 Å². The zero-order valence-electron chi connectivity index (χ0n) is 13.3. The second-order valence-corrected chi connectivity index (χ2v) is 6.35. The van der Waals surface area contributed by atoms with Crippen LogP contribution >= 0.6 is 15.9 Å². The first-order chi connectivity index (χ1) is 11.5. The van der Waals surface area contributed by atoms with Crippen LogP contribution in [0.4, 0.5) is 0 Å². The molecule has 0 saturated carbocycles. The number of hydrogen-bond donors (Lipinski definition) is 0. The Morgan fingerprint density at radius 1 is 1.08 bits per heavy atom. The fourth-order valence-electron chi connectivity index (χ4n) is 2.27. The number of pyridine rings is 3.